The van der Waals surface area contributed by atoms with Gasteiger partial charge in [0.25, 0.3) is 0 Å². The lowest BCUT2D eigenvalue weighted by molar-refractivity contribution is -0.174. The zero-order chi connectivity index (χ0) is 25.2. The Hall–Kier alpha value is -2.28. The molecule has 4 atom stereocenters. The maximum atomic E-state index is 12.9. The second-order valence-corrected chi connectivity index (χ2v) is 11.7. The summed E-state index contributed by atoms with van der Waals surface area (Å²) in [5.41, 5.74) is -0.356. The standard InChI is InChI=1S/C26H42N2O5/c1-17-16-28(23(30)31)19(15-18-13-11-10-12-14-18)20(27-22(29)33-25(5,6)7)21(17)32-26(8,9)24(2,3)4/h10-14,17,19-21H,15-16H2,1-9H3,(H,27,29)(H,30,31)/t17-,19?,20+,21+/m0/s1. The van der Waals surface area contributed by atoms with Gasteiger partial charge >= 0.3 is 12.2 Å². The molecule has 7 nitrogen and oxygen atoms in total. The second-order valence-electron chi connectivity index (χ2n) is 11.7. The molecule has 7 heteroatoms. The van der Waals surface area contributed by atoms with Gasteiger partial charge in [0.2, 0.25) is 0 Å². The highest BCUT2D eigenvalue weighted by Crippen LogP contribution is 2.38. The van der Waals surface area contributed by atoms with E-state index in [4.69, 9.17) is 9.47 Å². The molecule has 0 bridgehead atoms. The quantitative estimate of drug-likeness (QED) is 0.617. The van der Waals surface area contributed by atoms with Gasteiger partial charge in [-0.2, -0.15) is 0 Å². The van der Waals surface area contributed by atoms with E-state index in [9.17, 15) is 14.7 Å². The Morgan fingerprint density at radius 3 is 2.12 bits per heavy atom. The molecule has 1 aliphatic rings. The average molecular weight is 463 g/mol. The van der Waals surface area contributed by atoms with Crippen LogP contribution in [-0.2, 0) is 15.9 Å². The molecule has 0 aliphatic carbocycles. The minimum atomic E-state index is -1.01. The molecule has 0 saturated carbocycles. The Balaban J connectivity index is 2.48. The van der Waals surface area contributed by atoms with Crippen molar-refractivity contribution in [3.05, 3.63) is 35.9 Å². The van der Waals surface area contributed by atoms with E-state index < -0.39 is 41.6 Å². The number of carbonyl (C=O) groups excluding carboxylic acids is 1. The fourth-order valence-corrected chi connectivity index (χ4v) is 3.96. The molecule has 1 heterocycles. The summed E-state index contributed by atoms with van der Waals surface area (Å²) >= 11 is 0. The normalized spacial score (nSPS) is 24.3. The van der Waals surface area contributed by atoms with E-state index in [0.717, 1.165) is 5.56 Å². The van der Waals surface area contributed by atoms with Gasteiger partial charge in [-0.05, 0) is 52.0 Å². The number of benzene rings is 1. The van der Waals surface area contributed by atoms with Crippen LogP contribution in [0.3, 0.4) is 0 Å². The lowest BCUT2D eigenvalue weighted by Gasteiger charge is -2.51. The monoisotopic (exact) mass is 462 g/mol. The van der Waals surface area contributed by atoms with Crippen LogP contribution in [0.4, 0.5) is 9.59 Å². The van der Waals surface area contributed by atoms with Gasteiger partial charge < -0.3 is 24.8 Å². The molecule has 0 radical (unpaired) electrons. The number of nitrogens with one attached hydrogen (secondary N) is 1. The van der Waals surface area contributed by atoms with Gasteiger partial charge in [0, 0.05) is 12.5 Å². The summed E-state index contributed by atoms with van der Waals surface area (Å²) in [5.74, 6) is -0.130. The molecule has 33 heavy (non-hydrogen) atoms. The Labute approximate surface area is 198 Å². The van der Waals surface area contributed by atoms with Gasteiger partial charge in [-0.15, -0.1) is 0 Å². The number of nitrogens with zero attached hydrogens (tertiary/aromatic N) is 1. The van der Waals surface area contributed by atoms with Crippen LogP contribution >= 0.6 is 0 Å². The highest BCUT2D eigenvalue weighted by atomic mass is 16.6. The van der Waals surface area contributed by atoms with E-state index in [2.05, 4.69) is 26.1 Å². The number of hydrogen-bond acceptors (Lipinski definition) is 4. The smallest absolute Gasteiger partial charge is 0.408 e. The fraction of sp³-hybridized carbons (Fsp3) is 0.692. The van der Waals surface area contributed by atoms with Gasteiger partial charge in [-0.1, -0.05) is 58.0 Å². The van der Waals surface area contributed by atoms with E-state index in [0.29, 0.717) is 13.0 Å². The van der Waals surface area contributed by atoms with Crippen molar-refractivity contribution >= 4 is 12.2 Å². The SMILES string of the molecule is C[C@H]1CN(C(=O)O)C(Cc2ccccc2)[C@@H](NC(=O)OC(C)(C)C)[C@@H]1OC(C)(C)C(C)(C)C. The zero-order valence-corrected chi connectivity index (χ0v) is 21.6. The van der Waals surface area contributed by atoms with Crippen LogP contribution in [0.1, 0.15) is 67.9 Å². The zero-order valence-electron chi connectivity index (χ0n) is 21.6. The molecule has 1 unspecified atom stereocenters. The van der Waals surface area contributed by atoms with E-state index in [1.54, 1.807) is 20.8 Å². The number of amides is 2. The lowest BCUT2D eigenvalue weighted by atomic mass is 9.77. The first-order valence-electron chi connectivity index (χ1n) is 11.7. The van der Waals surface area contributed by atoms with Gasteiger partial charge in [0.05, 0.1) is 23.8 Å². The minimum Gasteiger partial charge on any atom is -0.465 e. The van der Waals surface area contributed by atoms with Crippen LogP contribution in [-0.4, -0.2) is 58.1 Å². The minimum absolute atomic E-state index is 0.130. The number of alkyl carbamates (subject to hydrolysis) is 1. The van der Waals surface area contributed by atoms with E-state index in [-0.39, 0.29) is 11.3 Å². The number of likely N-dealkylation sites (tertiary alicyclic amines) is 1. The van der Waals surface area contributed by atoms with Crippen molar-refractivity contribution in [2.45, 2.75) is 98.1 Å². The van der Waals surface area contributed by atoms with Crippen LogP contribution < -0.4 is 5.32 Å². The first kappa shape index (κ1) is 27.0. The topological polar surface area (TPSA) is 88.1 Å². The molecule has 0 spiro atoms. The molecule has 1 saturated heterocycles. The Morgan fingerprint density at radius 2 is 1.64 bits per heavy atom. The third kappa shape index (κ3) is 7.10. The summed E-state index contributed by atoms with van der Waals surface area (Å²) < 4.78 is 12.2. The van der Waals surface area contributed by atoms with Crippen LogP contribution in [0.5, 0.6) is 0 Å². The Bertz CT molecular complexity index is 810. The van der Waals surface area contributed by atoms with Crippen molar-refractivity contribution in [1.82, 2.24) is 10.2 Å². The van der Waals surface area contributed by atoms with Crippen LogP contribution in [0.2, 0.25) is 0 Å². The molecule has 1 fully saturated rings. The summed E-state index contributed by atoms with van der Waals surface area (Å²) in [4.78, 5) is 26.5. The number of carbonyl (C=O) groups is 2. The largest absolute Gasteiger partial charge is 0.465 e. The number of carboxylic acid groups (broad SMARTS) is 1. The van der Waals surface area contributed by atoms with Gasteiger partial charge in [-0.3, -0.25) is 0 Å². The molecule has 1 aromatic rings. The van der Waals surface area contributed by atoms with Crippen molar-refractivity contribution in [1.29, 1.82) is 0 Å². The molecule has 2 rings (SSSR count). The van der Waals surface area contributed by atoms with Crippen LogP contribution in [0, 0.1) is 11.3 Å². The van der Waals surface area contributed by atoms with Crippen LogP contribution in [0.25, 0.3) is 0 Å². The van der Waals surface area contributed by atoms with Crippen LogP contribution in [0.15, 0.2) is 30.3 Å². The van der Waals surface area contributed by atoms with Crippen molar-refractivity contribution in [3.63, 3.8) is 0 Å². The van der Waals surface area contributed by atoms with E-state index >= 15 is 0 Å². The number of hydrogen-bond donors (Lipinski definition) is 2. The van der Waals surface area contributed by atoms with Gasteiger partial charge in [0.1, 0.15) is 5.60 Å². The van der Waals surface area contributed by atoms with Gasteiger partial charge in [0.15, 0.2) is 0 Å². The highest BCUT2D eigenvalue weighted by Gasteiger charge is 2.49. The van der Waals surface area contributed by atoms with Crippen molar-refractivity contribution in [3.8, 4) is 0 Å². The predicted molar refractivity (Wildman–Crippen MR) is 129 cm³/mol. The molecular weight excluding hydrogens is 420 g/mol. The number of piperidine rings is 1. The third-order valence-corrected chi connectivity index (χ3v) is 6.67. The van der Waals surface area contributed by atoms with Crippen molar-refractivity contribution in [2.24, 2.45) is 11.3 Å². The van der Waals surface area contributed by atoms with Crippen molar-refractivity contribution < 1.29 is 24.2 Å². The first-order valence-corrected chi connectivity index (χ1v) is 11.7. The second kappa shape index (κ2) is 9.92. The molecule has 1 aliphatic heterocycles. The summed E-state index contributed by atoms with van der Waals surface area (Å²) in [6.45, 7) is 18.1. The predicted octanol–water partition coefficient (Wildman–Crippen LogP) is 5.33. The molecule has 2 N–H and O–H groups in total. The van der Waals surface area contributed by atoms with E-state index in [1.165, 1.54) is 4.90 Å². The first-order chi connectivity index (χ1) is 15.0. The van der Waals surface area contributed by atoms with Crippen molar-refractivity contribution in [2.75, 3.05) is 6.54 Å². The maximum absolute atomic E-state index is 12.9. The molecule has 2 amide bonds. The number of ether oxygens (including phenoxy) is 2. The summed E-state index contributed by atoms with van der Waals surface area (Å²) in [7, 11) is 0. The molecule has 0 aromatic heterocycles. The maximum Gasteiger partial charge on any atom is 0.408 e. The summed E-state index contributed by atoms with van der Waals surface area (Å²) in [5, 5.41) is 13.0. The van der Waals surface area contributed by atoms with Gasteiger partial charge in [-0.25, -0.2) is 9.59 Å². The fourth-order valence-electron chi connectivity index (χ4n) is 3.96. The summed E-state index contributed by atoms with van der Waals surface area (Å²) in [6.07, 6.45) is -1.52. The lowest BCUT2D eigenvalue weighted by Crippen LogP contribution is -2.68. The average Bonchev–Trinajstić information content (AvgIpc) is 2.64. The number of rotatable bonds is 5. The molecule has 186 valence electrons. The Morgan fingerprint density at radius 1 is 1.06 bits per heavy atom. The molecular formula is C26H42N2O5. The Kier molecular flexibility index (Phi) is 8.10. The van der Waals surface area contributed by atoms with E-state index in [1.807, 2.05) is 51.1 Å². The molecule has 1 aromatic carbocycles. The summed E-state index contributed by atoms with van der Waals surface area (Å²) in [6, 6.07) is 8.64. The third-order valence-electron chi connectivity index (χ3n) is 6.67. The highest BCUT2D eigenvalue weighted by molar-refractivity contribution is 5.69.